The Balaban J connectivity index is 3.56. The topological polar surface area (TPSA) is 49.7 Å². The highest BCUT2D eigenvalue weighted by Gasteiger charge is 2.22. The smallest absolute Gasteiger partial charge is 0.277 e. The normalized spacial score (nSPS) is 12.5. The quantitative estimate of drug-likeness (QED) is 0.603. The second-order valence-corrected chi connectivity index (χ2v) is 3.55. The van der Waals surface area contributed by atoms with Crippen LogP contribution in [0, 0.1) is 5.92 Å². The largest absolute Gasteiger partial charge is 0.343 e. The molecule has 0 heterocycles. The first-order valence-electron chi connectivity index (χ1n) is 4.56. The van der Waals surface area contributed by atoms with Gasteiger partial charge >= 0.3 is 0 Å². The van der Waals surface area contributed by atoms with E-state index in [1.54, 1.807) is 0 Å². The van der Waals surface area contributed by atoms with Crippen LogP contribution in [-0.4, -0.2) is 22.8 Å². The fourth-order valence-electron chi connectivity index (χ4n) is 0.779. The van der Waals surface area contributed by atoms with Crippen molar-refractivity contribution in [1.82, 2.24) is 0 Å². The third-order valence-electron chi connectivity index (χ3n) is 1.50. The van der Waals surface area contributed by atoms with Crippen molar-refractivity contribution >= 4 is 0 Å². The third kappa shape index (κ3) is 6.58. The molecule has 0 aliphatic heterocycles. The Labute approximate surface area is 74.4 Å². The lowest BCUT2D eigenvalue weighted by Crippen LogP contribution is -2.33. The Morgan fingerprint density at radius 2 is 1.92 bits per heavy atom. The first-order chi connectivity index (χ1) is 5.48. The van der Waals surface area contributed by atoms with Gasteiger partial charge in [-0.15, -0.1) is 0 Å². The molecule has 0 radical (unpaired) electrons. The minimum atomic E-state index is -1.92. The molecule has 0 aliphatic rings. The summed E-state index contributed by atoms with van der Waals surface area (Å²) < 4.78 is 4.90. The number of unbranched alkanes of at least 4 members (excludes halogenated alkanes) is 1. The number of hydrogen-bond donors (Lipinski definition) is 2. The monoisotopic (exact) mass is 176 g/mol. The van der Waals surface area contributed by atoms with E-state index < -0.39 is 5.97 Å². The Bertz CT molecular complexity index is 110. The predicted molar refractivity (Wildman–Crippen MR) is 47.5 cm³/mol. The molecule has 3 nitrogen and oxygen atoms in total. The van der Waals surface area contributed by atoms with Crippen LogP contribution < -0.4 is 0 Å². The fraction of sp³-hybridized carbons (Fsp3) is 1.00. The van der Waals surface area contributed by atoms with Crippen molar-refractivity contribution < 1.29 is 14.9 Å². The van der Waals surface area contributed by atoms with Gasteiger partial charge in [-0.3, -0.25) is 0 Å². The molecule has 0 amide bonds. The van der Waals surface area contributed by atoms with Gasteiger partial charge in [-0.1, -0.05) is 27.2 Å². The van der Waals surface area contributed by atoms with Gasteiger partial charge in [0.15, 0.2) is 0 Å². The van der Waals surface area contributed by atoms with E-state index >= 15 is 0 Å². The lowest BCUT2D eigenvalue weighted by Gasteiger charge is -2.22. The van der Waals surface area contributed by atoms with Crippen LogP contribution >= 0.6 is 0 Å². The number of rotatable bonds is 6. The van der Waals surface area contributed by atoms with Crippen molar-refractivity contribution in [2.24, 2.45) is 5.92 Å². The van der Waals surface area contributed by atoms with Crippen molar-refractivity contribution in [1.29, 1.82) is 0 Å². The zero-order valence-electron chi connectivity index (χ0n) is 8.21. The zero-order chi connectivity index (χ0) is 9.61. The van der Waals surface area contributed by atoms with E-state index in [0.29, 0.717) is 12.5 Å². The molecule has 74 valence electrons. The summed E-state index contributed by atoms with van der Waals surface area (Å²) >= 11 is 0. The third-order valence-corrected chi connectivity index (χ3v) is 1.50. The number of hydrogen-bond acceptors (Lipinski definition) is 3. The maximum absolute atomic E-state index is 9.23. The molecule has 0 fully saturated rings. The molecule has 0 saturated heterocycles. The molecule has 0 rings (SSSR count). The number of aliphatic hydroxyl groups is 2. The summed E-state index contributed by atoms with van der Waals surface area (Å²) in [7, 11) is 0. The van der Waals surface area contributed by atoms with E-state index in [1.165, 1.54) is 0 Å². The van der Waals surface area contributed by atoms with E-state index in [0.717, 1.165) is 12.8 Å². The molecule has 0 aromatic carbocycles. The second-order valence-electron chi connectivity index (χ2n) is 3.55. The maximum Gasteiger partial charge on any atom is 0.277 e. The van der Waals surface area contributed by atoms with Gasteiger partial charge in [0, 0.05) is 6.42 Å². The summed E-state index contributed by atoms with van der Waals surface area (Å²) in [5.41, 5.74) is 0. The van der Waals surface area contributed by atoms with Crippen LogP contribution in [0.15, 0.2) is 0 Å². The van der Waals surface area contributed by atoms with Gasteiger partial charge in [0.05, 0.1) is 6.61 Å². The average molecular weight is 176 g/mol. The van der Waals surface area contributed by atoms with E-state index in [4.69, 9.17) is 4.74 Å². The predicted octanol–water partition coefficient (Wildman–Crippen LogP) is 1.49. The van der Waals surface area contributed by atoms with Crippen molar-refractivity contribution in [2.45, 2.75) is 46.0 Å². The van der Waals surface area contributed by atoms with E-state index in [1.807, 2.05) is 20.8 Å². The van der Waals surface area contributed by atoms with Gasteiger partial charge in [0.1, 0.15) is 0 Å². The van der Waals surface area contributed by atoms with Gasteiger partial charge in [-0.2, -0.15) is 0 Å². The van der Waals surface area contributed by atoms with Crippen LogP contribution in [0.4, 0.5) is 0 Å². The average Bonchev–Trinajstić information content (AvgIpc) is 1.98. The summed E-state index contributed by atoms with van der Waals surface area (Å²) in [5, 5.41) is 18.5. The SMILES string of the molecule is CCCCC(O)(O)OCC(C)C. The molecule has 0 atom stereocenters. The molecule has 0 unspecified atom stereocenters. The lowest BCUT2D eigenvalue weighted by atomic mass is 10.2. The Kier molecular flexibility index (Phi) is 5.46. The molecule has 12 heavy (non-hydrogen) atoms. The van der Waals surface area contributed by atoms with Crippen LogP contribution in [-0.2, 0) is 4.74 Å². The minimum Gasteiger partial charge on any atom is -0.343 e. The molecule has 3 heteroatoms. The van der Waals surface area contributed by atoms with Crippen molar-refractivity contribution in [3.8, 4) is 0 Å². The summed E-state index contributed by atoms with van der Waals surface area (Å²) in [6, 6.07) is 0. The standard InChI is InChI=1S/C9H20O3/c1-4-5-6-9(10,11)12-7-8(2)3/h8,10-11H,4-7H2,1-3H3. The molecule has 0 bridgehead atoms. The Morgan fingerprint density at radius 1 is 1.33 bits per heavy atom. The molecule has 0 spiro atoms. The van der Waals surface area contributed by atoms with Crippen LogP contribution in [0.3, 0.4) is 0 Å². The van der Waals surface area contributed by atoms with E-state index in [-0.39, 0.29) is 6.42 Å². The summed E-state index contributed by atoms with van der Waals surface area (Å²) in [6.07, 6.45) is 2.00. The van der Waals surface area contributed by atoms with Gasteiger partial charge < -0.3 is 14.9 Å². The molecule has 0 saturated carbocycles. The van der Waals surface area contributed by atoms with Crippen LogP contribution in [0.25, 0.3) is 0 Å². The summed E-state index contributed by atoms with van der Waals surface area (Å²) in [5.74, 6) is -1.59. The van der Waals surface area contributed by atoms with Crippen molar-refractivity contribution in [3.63, 3.8) is 0 Å². The van der Waals surface area contributed by atoms with Crippen LogP contribution in [0.1, 0.15) is 40.0 Å². The molecular weight excluding hydrogens is 156 g/mol. The highest BCUT2D eigenvalue weighted by atomic mass is 16.8. The molecular formula is C9H20O3. The molecule has 0 aromatic rings. The summed E-state index contributed by atoms with van der Waals surface area (Å²) in [6.45, 7) is 6.32. The minimum absolute atomic E-state index is 0.288. The zero-order valence-corrected chi connectivity index (χ0v) is 8.21. The molecule has 2 N–H and O–H groups in total. The second kappa shape index (κ2) is 5.51. The van der Waals surface area contributed by atoms with Crippen molar-refractivity contribution in [2.75, 3.05) is 6.61 Å². The van der Waals surface area contributed by atoms with E-state index in [2.05, 4.69) is 0 Å². The maximum atomic E-state index is 9.23. The fourth-order valence-corrected chi connectivity index (χ4v) is 0.779. The first kappa shape index (κ1) is 11.9. The van der Waals surface area contributed by atoms with Crippen LogP contribution in [0.5, 0.6) is 0 Å². The molecule has 0 aliphatic carbocycles. The summed E-state index contributed by atoms with van der Waals surface area (Å²) in [4.78, 5) is 0. The van der Waals surface area contributed by atoms with Gasteiger partial charge in [-0.25, -0.2) is 0 Å². The molecule has 0 aromatic heterocycles. The lowest BCUT2D eigenvalue weighted by molar-refractivity contribution is -0.343. The van der Waals surface area contributed by atoms with E-state index in [9.17, 15) is 10.2 Å². The number of ether oxygens (including phenoxy) is 1. The van der Waals surface area contributed by atoms with Crippen molar-refractivity contribution in [3.05, 3.63) is 0 Å². The Morgan fingerprint density at radius 3 is 2.33 bits per heavy atom. The Hall–Kier alpha value is -0.120. The van der Waals surface area contributed by atoms with Gasteiger partial charge in [-0.05, 0) is 12.3 Å². The first-order valence-corrected chi connectivity index (χ1v) is 4.56. The highest BCUT2D eigenvalue weighted by molar-refractivity contribution is 4.52. The van der Waals surface area contributed by atoms with Crippen LogP contribution in [0.2, 0.25) is 0 Å². The highest BCUT2D eigenvalue weighted by Crippen LogP contribution is 2.13. The van der Waals surface area contributed by atoms with Gasteiger partial charge in [0.2, 0.25) is 0 Å². The van der Waals surface area contributed by atoms with Gasteiger partial charge in [0.25, 0.3) is 5.97 Å².